The predicted molar refractivity (Wildman–Crippen MR) is 143 cm³/mol. The van der Waals surface area contributed by atoms with Gasteiger partial charge in [0.2, 0.25) is 5.91 Å². The van der Waals surface area contributed by atoms with E-state index in [1.807, 2.05) is 20.8 Å². The first kappa shape index (κ1) is 27.9. The first-order valence-corrected chi connectivity index (χ1v) is 13.7. The van der Waals surface area contributed by atoms with E-state index in [0.29, 0.717) is 42.2 Å². The molecule has 2 saturated carbocycles. The highest BCUT2D eigenvalue weighted by molar-refractivity contribution is 7.15. The van der Waals surface area contributed by atoms with Gasteiger partial charge in [-0.05, 0) is 91.0 Å². The largest absolute Gasteiger partial charge is 0.477 e. The zero-order valence-corrected chi connectivity index (χ0v) is 22.9. The SMILES string of the molecule is CC(=O)CON=C1CCC(N(C(=O)C2CCC(C)CC2)c2cc(C#CC(C)(C)C)sc2C(=O)O)CC1. The summed E-state index contributed by atoms with van der Waals surface area (Å²) in [5.74, 6) is 5.72. The Balaban J connectivity index is 1.92. The molecule has 2 aliphatic carbocycles. The second kappa shape index (κ2) is 12.1. The second-order valence-corrected chi connectivity index (χ2v) is 12.2. The standard InChI is InChI=1S/C28H38N2O5S/c1-18-6-8-20(9-7-18)26(32)30(22-12-10-21(11-13-22)29-35-17-19(2)31)24-16-23(14-15-28(3,4)5)36-25(24)27(33)34/h16,18,20,22H,6-13,17H2,1-5H3,(H,33,34). The van der Waals surface area contributed by atoms with E-state index >= 15 is 0 Å². The van der Waals surface area contributed by atoms with Crippen molar-refractivity contribution in [2.75, 3.05) is 11.5 Å². The van der Waals surface area contributed by atoms with Gasteiger partial charge in [-0.2, -0.15) is 0 Å². The first-order chi connectivity index (χ1) is 16.9. The highest BCUT2D eigenvalue weighted by Gasteiger charge is 2.37. The highest BCUT2D eigenvalue weighted by Crippen LogP contribution is 2.38. The number of aromatic carboxylic acids is 1. The number of carboxylic acid groups (broad SMARTS) is 1. The van der Waals surface area contributed by atoms with E-state index in [1.54, 1.807) is 11.0 Å². The molecule has 0 spiro atoms. The van der Waals surface area contributed by atoms with Crippen LogP contribution in [0.2, 0.25) is 0 Å². The molecular formula is C28H38N2O5S. The summed E-state index contributed by atoms with van der Waals surface area (Å²) < 4.78 is 0. The van der Waals surface area contributed by atoms with Gasteiger partial charge in [-0.15, -0.1) is 11.3 Å². The van der Waals surface area contributed by atoms with Crippen LogP contribution in [0.5, 0.6) is 0 Å². The van der Waals surface area contributed by atoms with Gasteiger partial charge in [0.15, 0.2) is 12.4 Å². The fourth-order valence-electron chi connectivity index (χ4n) is 4.72. The Morgan fingerprint density at radius 3 is 2.33 bits per heavy atom. The molecule has 0 unspecified atom stereocenters. The van der Waals surface area contributed by atoms with Gasteiger partial charge in [0, 0.05) is 17.4 Å². The summed E-state index contributed by atoms with van der Waals surface area (Å²) in [5.41, 5.74) is 1.12. The number of rotatable bonds is 7. The number of ketones is 1. The topological polar surface area (TPSA) is 96.3 Å². The van der Waals surface area contributed by atoms with Crippen LogP contribution < -0.4 is 4.90 Å². The van der Waals surface area contributed by atoms with Gasteiger partial charge in [0.05, 0.1) is 16.3 Å². The van der Waals surface area contributed by atoms with E-state index in [-0.39, 0.29) is 40.5 Å². The molecule has 1 amide bonds. The van der Waals surface area contributed by atoms with Crippen molar-refractivity contribution in [2.45, 2.75) is 92.0 Å². The van der Waals surface area contributed by atoms with Crippen LogP contribution in [0.25, 0.3) is 0 Å². The minimum atomic E-state index is -1.04. The van der Waals surface area contributed by atoms with E-state index in [2.05, 4.69) is 23.9 Å². The van der Waals surface area contributed by atoms with Crippen molar-refractivity contribution in [2.24, 2.45) is 22.4 Å². The van der Waals surface area contributed by atoms with Crippen molar-refractivity contribution in [3.63, 3.8) is 0 Å². The molecule has 3 rings (SSSR count). The summed E-state index contributed by atoms with van der Waals surface area (Å²) in [5, 5.41) is 14.1. The maximum absolute atomic E-state index is 13.9. The van der Waals surface area contributed by atoms with Crippen LogP contribution in [-0.4, -0.2) is 41.1 Å². The average Bonchev–Trinajstić information content (AvgIpc) is 3.23. The molecule has 36 heavy (non-hydrogen) atoms. The number of Topliss-reactive ketones (excluding diaryl/α,β-unsaturated/α-hetero) is 1. The van der Waals surface area contributed by atoms with Crippen molar-refractivity contribution in [3.05, 3.63) is 15.8 Å². The summed E-state index contributed by atoms with van der Waals surface area (Å²) >= 11 is 1.14. The van der Waals surface area contributed by atoms with Gasteiger partial charge in [-0.1, -0.05) is 23.9 Å². The maximum Gasteiger partial charge on any atom is 0.348 e. The normalized spacial score (nSPS) is 22.2. The Hall–Kier alpha value is -2.66. The fraction of sp³-hybridized carbons (Fsp3) is 0.643. The summed E-state index contributed by atoms with van der Waals surface area (Å²) in [4.78, 5) is 45.1. The number of anilines is 1. The molecule has 0 saturated heterocycles. The van der Waals surface area contributed by atoms with Gasteiger partial charge in [-0.3, -0.25) is 9.59 Å². The zero-order chi connectivity index (χ0) is 26.5. The number of carboxylic acids is 1. The highest BCUT2D eigenvalue weighted by atomic mass is 32.1. The van der Waals surface area contributed by atoms with Crippen molar-refractivity contribution in [3.8, 4) is 11.8 Å². The van der Waals surface area contributed by atoms with Gasteiger partial charge in [0.1, 0.15) is 4.88 Å². The van der Waals surface area contributed by atoms with E-state index in [0.717, 1.165) is 42.7 Å². The molecule has 0 bridgehead atoms. The second-order valence-electron chi connectivity index (χ2n) is 11.2. The number of nitrogens with zero attached hydrogens (tertiary/aromatic N) is 2. The van der Waals surface area contributed by atoms with Gasteiger partial charge in [-0.25, -0.2) is 4.79 Å². The first-order valence-electron chi connectivity index (χ1n) is 12.8. The Morgan fingerprint density at radius 2 is 1.78 bits per heavy atom. The number of hydrogen-bond donors (Lipinski definition) is 1. The third kappa shape index (κ3) is 7.67. The Labute approximate surface area is 218 Å². The number of amides is 1. The van der Waals surface area contributed by atoms with Crippen molar-refractivity contribution >= 4 is 40.4 Å². The fourth-order valence-corrected chi connectivity index (χ4v) is 5.56. The lowest BCUT2D eigenvalue weighted by Gasteiger charge is -2.38. The third-order valence-electron chi connectivity index (χ3n) is 6.69. The van der Waals surface area contributed by atoms with Gasteiger partial charge in [0.25, 0.3) is 0 Å². The van der Waals surface area contributed by atoms with Crippen LogP contribution in [0.3, 0.4) is 0 Å². The molecule has 0 radical (unpaired) electrons. The monoisotopic (exact) mass is 514 g/mol. The van der Waals surface area contributed by atoms with Crippen LogP contribution >= 0.6 is 11.3 Å². The van der Waals surface area contributed by atoms with Gasteiger partial charge < -0.3 is 14.8 Å². The summed E-state index contributed by atoms with van der Waals surface area (Å²) in [7, 11) is 0. The summed E-state index contributed by atoms with van der Waals surface area (Å²) in [6, 6.07) is 1.66. The Kier molecular flexibility index (Phi) is 9.35. The van der Waals surface area contributed by atoms with Crippen LogP contribution in [-0.2, 0) is 14.4 Å². The molecule has 0 atom stereocenters. The molecule has 2 aliphatic rings. The summed E-state index contributed by atoms with van der Waals surface area (Å²) in [6.45, 7) is 9.65. The van der Waals surface area contributed by atoms with Crippen LogP contribution in [0.15, 0.2) is 11.2 Å². The average molecular weight is 515 g/mol. The number of carbonyl (C=O) groups excluding carboxylic acids is 2. The van der Waals surface area contributed by atoms with Crippen molar-refractivity contribution < 1.29 is 24.3 Å². The Bertz CT molecular complexity index is 1050. The molecule has 2 fully saturated rings. The van der Waals surface area contributed by atoms with E-state index in [9.17, 15) is 19.5 Å². The number of carbonyl (C=O) groups is 3. The predicted octanol–water partition coefficient (Wildman–Crippen LogP) is 5.91. The minimum Gasteiger partial charge on any atom is -0.477 e. The van der Waals surface area contributed by atoms with Crippen LogP contribution in [0.4, 0.5) is 5.69 Å². The van der Waals surface area contributed by atoms with E-state index in [4.69, 9.17) is 4.84 Å². The third-order valence-corrected chi connectivity index (χ3v) is 7.72. The lowest BCUT2D eigenvalue weighted by molar-refractivity contribution is -0.124. The molecule has 1 aromatic rings. The molecule has 1 aromatic heterocycles. The lowest BCUT2D eigenvalue weighted by atomic mass is 9.81. The molecule has 1 heterocycles. The van der Waals surface area contributed by atoms with Gasteiger partial charge >= 0.3 is 5.97 Å². The molecule has 0 aromatic carbocycles. The van der Waals surface area contributed by atoms with Crippen LogP contribution in [0.1, 0.15) is 101 Å². The van der Waals surface area contributed by atoms with Crippen molar-refractivity contribution in [1.82, 2.24) is 0 Å². The molecule has 0 aliphatic heterocycles. The number of thiophene rings is 1. The molecule has 1 N–H and O–H groups in total. The molecule has 8 heteroatoms. The maximum atomic E-state index is 13.9. The smallest absolute Gasteiger partial charge is 0.348 e. The van der Waals surface area contributed by atoms with E-state index in [1.165, 1.54) is 6.92 Å². The zero-order valence-electron chi connectivity index (χ0n) is 22.1. The quantitative estimate of drug-likeness (QED) is 0.361. The molecule has 7 nitrogen and oxygen atoms in total. The van der Waals surface area contributed by atoms with E-state index < -0.39 is 5.97 Å². The summed E-state index contributed by atoms with van der Waals surface area (Å²) in [6.07, 6.45) is 6.28. The van der Waals surface area contributed by atoms with Crippen LogP contribution in [0, 0.1) is 29.1 Å². The molecular weight excluding hydrogens is 476 g/mol. The lowest BCUT2D eigenvalue weighted by Crippen LogP contribution is -2.46. The van der Waals surface area contributed by atoms with Crippen molar-refractivity contribution in [1.29, 1.82) is 0 Å². The number of hydrogen-bond acceptors (Lipinski definition) is 6. The number of oxime groups is 1. The Morgan fingerprint density at radius 1 is 1.14 bits per heavy atom. The minimum absolute atomic E-state index is 0.0238. The molecule has 196 valence electrons.